The number of para-hydroxylation sites is 2. The highest BCUT2D eigenvalue weighted by Crippen LogP contribution is 2.12. The molecule has 1 atom stereocenters. The van der Waals surface area contributed by atoms with Gasteiger partial charge in [0.2, 0.25) is 5.91 Å². The summed E-state index contributed by atoms with van der Waals surface area (Å²) < 4.78 is 2.08. The minimum absolute atomic E-state index is 0.00602. The van der Waals surface area contributed by atoms with Crippen LogP contribution >= 0.6 is 11.3 Å². The maximum atomic E-state index is 12.5. The van der Waals surface area contributed by atoms with Crippen LogP contribution < -0.4 is 10.6 Å². The zero-order valence-electron chi connectivity index (χ0n) is 15.5. The second kappa shape index (κ2) is 8.81. The number of nitrogens with zero attached hydrogens (tertiary/aromatic N) is 2. The lowest BCUT2D eigenvalue weighted by atomic mass is 10.0. The Morgan fingerprint density at radius 2 is 2.00 bits per heavy atom. The minimum Gasteiger partial charge on any atom is -0.354 e. The van der Waals surface area contributed by atoms with Crippen LogP contribution in [0.2, 0.25) is 0 Å². The molecule has 142 valence electrons. The number of aromatic nitrogens is 2. The van der Waals surface area contributed by atoms with E-state index in [-0.39, 0.29) is 17.7 Å². The predicted octanol–water partition coefficient (Wildman–Crippen LogP) is 3.06. The van der Waals surface area contributed by atoms with Gasteiger partial charge in [0.15, 0.2) is 0 Å². The molecule has 2 aromatic heterocycles. The van der Waals surface area contributed by atoms with Gasteiger partial charge in [-0.25, -0.2) is 4.98 Å². The molecule has 0 aliphatic heterocycles. The summed E-state index contributed by atoms with van der Waals surface area (Å²) in [6.45, 7) is 5.17. The van der Waals surface area contributed by atoms with E-state index in [1.54, 1.807) is 6.07 Å². The molecule has 3 aromatic rings. The lowest BCUT2D eigenvalue weighted by Crippen LogP contribution is -2.49. The first-order chi connectivity index (χ1) is 13.1. The number of benzene rings is 1. The molecule has 0 saturated carbocycles. The van der Waals surface area contributed by atoms with Crippen molar-refractivity contribution >= 4 is 34.2 Å². The maximum Gasteiger partial charge on any atom is 0.262 e. The number of hydrogen-bond acceptors (Lipinski definition) is 4. The quantitative estimate of drug-likeness (QED) is 0.586. The number of carbonyl (C=O) groups is 2. The second-order valence-corrected chi connectivity index (χ2v) is 7.69. The molecular formula is C20H24N4O2S. The Hall–Kier alpha value is -2.67. The van der Waals surface area contributed by atoms with Gasteiger partial charge in [0, 0.05) is 13.1 Å². The van der Waals surface area contributed by atoms with Crippen molar-refractivity contribution < 1.29 is 9.59 Å². The molecule has 6 nitrogen and oxygen atoms in total. The summed E-state index contributed by atoms with van der Waals surface area (Å²) in [7, 11) is 0. The monoisotopic (exact) mass is 384 g/mol. The topological polar surface area (TPSA) is 76.0 Å². The van der Waals surface area contributed by atoms with E-state index >= 15 is 0 Å². The summed E-state index contributed by atoms with van der Waals surface area (Å²) >= 11 is 1.36. The van der Waals surface area contributed by atoms with Crippen LogP contribution in [0, 0.1) is 5.92 Å². The zero-order valence-corrected chi connectivity index (χ0v) is 16.3. The van der Waals surface area contributed by atoms with Gasteiger partial charge in [-0.1, -0.05) is 32.0 Å². The Kier molecular flexibility index (Phi) is 6.24. The molecule has 1 aromatic carbocycles. The van der Waals surface area contributed by atoms with Crippen molar-refractivity contribution in [2.24, 2.45) is 5.92 Å². The summed E-state index contributed by atoms with van der Waals surface area (Å²) in [4.78, 5) is 29.7. The lowest BCUT2D eigenvalue weighted by molar-refractivity contribution is -0.123. The van der Waals surface area contributed by atoms with E-state index in [4.69, 9.17) is 0 Å². The first-order valence-electron chi connectivity index (χ1n) is 9.08. The van der Waals surface area contributed by atoms with Gasteiger partial charge < -0.3 is 15.2 Å². The normalized spacial score (nSPS) is 12.3. The molecule has 27 heavy (non-hydrogen) atoms. The Labute approximate surface area is 162 Å². The van der Waals surface area contributed by atoms with E-state index < -0.39 is 6.04 Å². The smallest absolute Gasteiger partial charge is 0.262 e. The van der Waals surface area contributed by atoms with Gasteiger partial charge >= 0.3 is 0 Å². The number of aryl methyl sites for hydroxylation is 1. The summed E-state index contributed by atoms with van der Waals surface area (Å²) in [5.74, 6) is -0.347. The SMILES string of the molecule is CC(C)C(NC(=O)c1cccs1)C(=O)NCCCn1cnc2ccccc21. The molecule has 7 heteroatoms. The highest BCUT2D eigenvalue weighted by Gasteiger charge is 2.24. The number of carbonyl (C=O) groups excluding carboxylic acids is 2. The molecule has 0 aliphatic rings. The molecule has 0 bridgehead atoms. The summed E-state index contributed by atoms with van der Waals surface area (Å²) in [5, 5.41) is 7.63. The molecular weight excluding hydrogens is 360 g/mol. The van der Waals surface area contributed by atoms with Crippen molar-refractivity contribution in [3.63, 3.8) is 0 Å². The molecule has 0 radical (unpaired) electrons. The Morgan fingerprint density at radius 3 is 2.74 bits per heavy atom. The third kappa shape index (κ3) is 4.74. The fourth-order valence-electron chi connectivity index (χ4n) is 2.91. The predicted molar refractivity (Wildman–Crippen MR) is 108 cm³/mol. The highest BCUT2D eigenvalue weighted by molar-refractivity contribution is 7.12. The van der Waals surface area contributed by atoms with Crippen LogP contribution in [0.1, 0.15) is 29.9 Å². The van der Waals surface area contributed by atoms with Gasteiger partial charge in [-0.3, -0.25) is 9.59 Å². The number of fused-ring (bicyclic) bond motifs is 1. The Bertz CT molecular complexity index is 902. The van der Waals surface area contributed by atoms with E-state index in [2.05, 4.69) is 20.2 Å². The number of rotatable bonds is 8. The van der Waals surface area contributed by atoms with Crippen LogP contribution in [0.4, 0.5) is 0 Å². The van der Waals surface area contributed by atoms with Crippen molar-refractivity contribution in [2.45, 2.75) is 32.9 Å². The standard InChI is InChI=1S/C20H24N4O2S/c1-14(2)18(23-19(25)17-9-5-12-27-17)20(26)21-10-6-11-24-13-22-15-7-3-4-8-16(15)24/h3-5,7-9,12-14,18H,6,10-11H2,1-2H3,(H,21,26)(H,23,25). The summed E-state index contributed by atoms with van der Waals surface area (Å²) in [6, 6.07) is 11.0. The van der Waals surface area contributed by atoms with Gasteiger partial charge in [0.05, 0.1) is 22.2 Å². The van der Waals surface area contributed by atoms with Crippen LogP contribution in [-0.4, -0.2) is 34.0 Å². The van der Waals surface area contributed by atoms with E-state index in [0.717, 1.165) is 24.0 Å². The van der Waals surface area contributed by atoms with Crippen LogP contribution in [-0.2, 0) is 11.3 Å². The number of imidazole rings is 1. The number of amides is 2. The first-order valence-corrected chi connectivity index (χ1v) is 9.96. The van der Waals surface area contributed by atoms with Gasteiger partial charge in [0.1, 0.15) is 6.04 Å². The zero-order chi connectivity index (χ0) is 19.2. The fourth-order valence-corrected chi connectivity index (χ4v) is 3.54. The second-order valence-electron chi connectivity index (χ2n) is 6.74. The van der Waals surface area contributed by atoms with E-state index in [0.29, 0.717) is 11.4 Å². The van der Waals surface area contributed by atoms with Gasteiger partial charge in [-0.05, 0) is 35.9 Å². The third-order valence-corrected chi connectivity index (χ3v) is 5.25. The third-order valence-electron chi connectivity index (χ3n) is 4.38. The largest absolute Gasteiger partial charge is 0.354 e. The number of nitrogens with one attached hydrogen (secondary N) is 2. The average Bonchev–Trinajstić information content (AvgIpc) is 3.33. The molecule has 2 heterocycles. The van der Waals surface area contributed by atoms with E-state index in [1.807, 2.05) is 55.9 Å². The minimum atomic E-state index is -0.548. The number of thiophene rings is 1. The van der Waals surface area contributed by atoms with Crippen LogP contribution in [0.5, 0.6) is 0 Å². The molecule has 0 spiro atoms. The van der Waals surface area contributed by atoms with Gasteiger partial charge in [-0.15, -0.1) is 11.3 Å². The maximum absolute atomic E-state index is 12.5. The van der Waals surface area contributed by atoms with Crippen molar-refractivity contribution in [2.75, 3.05) is 6.54 Å². The summed E-state index contributed by atoms with van der Waals surface area (Å²) in [6.07, 6.45) is 2.61. The lowest BCUT2D eigenvalue weighted by Gasteiger charge is -2.21. The molecule has 0 fully saturated rings. The van der Waals surface area contributed by atoms with Crippen molar-refractivity contribution in [1.82, 2.24) is 20.2 Å². The van der Waals surface area contributed by atoms with Crippen LogP contribution in [0.15, 0.2) is 48.1 Å². The van der Waals surface area contributed by atoms with Crippen molar-refractivity contribution in [1.29, 1.82) is 0 Å². The van der Waals surface area contributed by atoms with Crippen LogP contribution in [0.3, 0.4) is 0 Å². The Morgan fingerprint density at radius 1 is 1.19 bits per heavy atom. The highest BCUT2D eigenvalue weighted by atomic mass is 32.1. The number of hydrogen-bond donors (Lipinski definition) is 2. The van der Waals surface area contributed by atoms with Gasteiger partial charge in [-0.2, -0.15) is 0 Å². The van der Waals surface area contributed by atoms with E-state index in [9.17, 15) is 9.59 Å². The fraction of sp³-hybridized carbons (Fsp3) is 0.350. The van der Waals surface area contributed by atoms with Crippen molar-refractivity contribution in [3.8, 4) is 0 Å². The molecule has 1 unspecified atom stereocenters. The molecule has 0 aliphatic carbocycles. The molecule has 2 N–H and O–H groups in total. The molecule has 3 rings (SSSR count). The molecule has 2 amide bonds. The Balaban J connectivity index is 1.50. The van der Waals surface area contributed by atoms with Gasteiger partial charge in [0.25, 0.3) is 5.91 Å². The molecule has 0 saturated heterocycles. The average molecular weight is 385 g/mol. The summed E-state index contributed by atoms with van der Waals surface area (Å²) in [5.41, 5.74) is 2.06. The van der Waals surface area contributed by atoms with Crippen molar-refractivity contribution in [3.05, 3.63) is 53.0 Å². The van der Waals surface area contributed by atoms with E-state index in [1.165, 1.54) is 11.3 Å². The van der Waals surface area contributed by atoms with Crippen LogP contribution in [0.25, 0.3) is 11.0 Å². The first kappa shape index (κ1) is 19.1.